The molecule has 0 unspecified atom stereocenters. The fourth-order valence-corrected chi connectivity index (χ4v) is 3.07. The van der Waals surface area contributed by atoms with Crippen LogP contribution in [0, 0.1) is 0 Å². The number of ether oxygens (including phenoxy) is 2. The van der Waals surface area contributed by atoms with E-state index in [1.807, 2.05) is 25.1 Å². The van der Waals surface area contributed by atoms with Gasteiger partial charge in [-0.2, -0.15) is 0 Å². The topological polar surface area (TPSA) is 52.6 Å². The van der Waals surface area contributed by atoms with E-state index in [1.54, 1.807) is 72.8 Å². The number of hydrogen-bond donors (Lipinski definition) is 0. The molecule has 0 radical (unpaired) electrons. The lowest BCUT2D eigenvalue weighted by Gasteiger charge is -2.30. The standard InChI is InChI=1S/C24H22O4/c1-2-18-27-22(25)24(19-12-6-3-7-13-19,20-14-8-4-9-15-20)23(26)28-21-16-10-5-11-17-21/h3-17H,2,18H2,1H3. The van der Waals surface area contributed by atoms with Gasteiger partial charge >= 0.3 is 11.9 Å². The van der Waals surface area contributed by atoms with Gasteiger partial charge in [-0.1, -0.05) is 85.8 Å². The van der Waals surface area contributed by atoms with Crippen LogP contribution in [0.5, 0.6) is 5.75 Å². The monoisotopic (exact) mass is 374 g/mol. The predicted molar refractivity (Wildman–Crippen MR) is 107 cm³/mol. The lowest BCUT2D eigenvalue weighted by molar-refractivity contribution is -0.158. The largest absolute Gasteiger partial charge is 0.464 e. The Morgan fingerprint density at radius 1 is 0.714 bits per heavy atom. The van der Waals surface area contributed by atoms with Crippen LogP contribution in [0.3, 0.4) is 0 Å². The number of para-hydroxylation sites is 1. The summed E-state index contributed by atoms with van der Waals surface area (Å²) in [6, 6.07) is 26.5. The van der Waals surface area contributed by atoms with E-state index in [0.717, 1.165) is 0 Å². The molecule has 3 rings (SSSR count). The number of rotatable bonds is 7. The summed E-state index contributed by atoms with van der Waals surface area (Å²) in [4.78, 5) is 26.9. The molecule has 4 nitrogen and oxygen atoms in total. The Labute approximate surface area is 164 Å². The van der Waals surface area contributed by atoms with E-state index >= 15 is 0 Å². The number of hydrogen-bond acceptors (Lipinski definition) is 4. The zero-order valence-corrected chi connectivity index (χ0v) is 15.7. The van der Waals surface area contributed by atoms with E-state index in [-0.39, 0.29) is 6.61 Å². The summed E-state index contributed by atoms with van der Waals surface area (Å²) >= 11 is 0. The summed E-state index contributed by atoms with van der Waals surface area (Å²) in [5.41, 5.74) is -0.709. The molecular formula is C24H22O4. The fraction of sp³-hybridized carbons (Fsp3) is 0.167. The van der Waals surface area contributed by atoms with Gasteiger partial charge in [-0.25, -0.2) is 4.79 Å². The van der Waals surface area contributed by atoms with E-state index in [0.29, 0.717) is 23.3 Å². The summed E-state index contributed by atoms with van der Waals surface area (Å²) in [7, 11) is 0. The summed E-state index contributed by atoms with van der Waals surface area (Å²) < 4.78 is 11.1. The van der Waals surface area contributed by atoms with Crippen molar-refractivity contribution in [3.63, 3.8) is 0 Å². The highest BCUT2D eigenvalue weighted by Gasteiger charge is 2.52. The van der Waals surface area contributed by atoms with E-state index < -0.39 is 17.4 Å². The van der Waals surface area contributed by atoms with Gasteiger partial charge in [0.15, 0.2) is 0 Å². The van der Waals surface area contributed by atoms with Crippen molar-refractivity contribution >= 4 is 11.9 Å². The van der Waals surface area contributed by atoms with Crippen molar-refractivity contribution in [2.45, 2.75) is 18.8 Å². The molecule has 0 aromatic heterocycles. The fourth-order valence-electron chi connectivity index (χ4n) is 3.07. The van der Waals surface area contributed by atoms with Crippen LogP contribution in [0.4, 0.5) is 0 Å². The molecule has 0 atom stereocenters. The van der Waals surface area contributed by atoms with Crippen molar-refractivity contribution in [3.05, 3.63) is 102 Å². The molecule has 0 aliphatic heterocycles. The number of esters is 2. The van der Waals surface area contributed by atoms with Crippen molar-refractivity contribution in [2.75, 3.05) is 6.61 Å². The van der Waals surface area contributed by atoms with Gasteiger partial charge in [-0.15, -0.1) is 0 Å². The molecule has 0 saturated carbocycles. The van der Waals surface area contributed by atoms with Crippen LogP contribution in [-0.2, 0) is 19.7 Å². The quantitative estimate of drug-likeness (QED) is 0.346. The SMILES string of the molecule is CCCOC(=O)C(C(=O)Oc1ccccc1)(c1ccccc1)c1ccccc1. The molecule has 0 amide bonds. The zero-order valence-electron chi connectivity index (χ0n) is 15.7. The molecule has 3 aromatic carbocycles. The smallest absolute Gasteiger partial charge is 0.338 e. The Balaban J connectivity index is 2.17. The first-order valence-electron chi connectivity index (χ1n) is 9.25. The molecule has 142 valence electrons. The number of carbonyl (C=O) groups excluding carboxylic acids is 2. The maximum Gasteiger partial charge on any atom is 0.338 e. The van der Waals surface area contributed by atoms with E-state index in [4.69, 9.17) is 9.47 Å². The molecule has 0 fully saturated rings. The second kappa shape index (κ2) is 9.00. The summed E-state index contributed by atoms with van der Waals surface area (Å²) in [6.45, 7) is 2.13. The minimum Gasteiger partial charge on any atom is -0.464 e. The van der Waals surface area contributed by atoms with Gasteiger partial charge in [0.25, 0.3) is 0 Å². The normalized spacial score (nSPS) is 10.9. The average molecular weight is 374 g/mol. The van der Waals surface area contributed by atoms with Gasteiger partial charge in [0.1, 0.15) is 5.75 Å². The molecule has 0 aliphatic carbocycles. The summed E-state index contributed by atoms with van der Waals surface area (Å²) in [5, 5.41) is 0. The number of carbonyl (C=O) groups is 2. The van der Waals surface area contributed by atoms with Crippen LogP contribution in [0.2, 0.25) is 0 Å². The highest BCUT2D eigenvalue weighted by molar-refractivity contribution is 6.10. The molecule has 28 heavy (non-hydrogen) atoms. The van der Waals surface area contributed by atoms with Crippen LogP contribution in [0.1, 0.15) is 24.5 Å². The highest BCUT2D eigenvalue weighted by Crippen LogP contribution is 2.36. The number of benzene rings is 3. The molecule has 4 heteroatoms. The van der Waals surface area contributed by atoms with Crippen molar-refractivity contribution in [3.8, 4) is 5.75 Å². The summed E-state index contributed by atoms with van der Waals surface area (Å²) in [6.07, 6.45) is 0.652. The zero-order chi connectivity index (χ0) is 19.8. The van der Waals surface area contributed by atoms with Crippen molar-refractivity contribution in [1.82, 2.24) is 0 Å². The van der Waals surface area contributed by atoms with Crippen LogP contribution >= 0.6 is 0 Å². The van der Waals surface area contributed by atoms with Crippen LogP contribution in [0.15, 0.2) is 91.0 Å². The first kappa shape index (κ1) is 19.4. The molecule has 3 aromatic rings. The second-order valence-corrected chi connectivity index (χ2v) is 6.32. The molecule has 0 bridgehead atoms. The first-order valence-corrected chi connectivity index (χ1v) is 9.25. The van der Waals surface area contributed by atoms with Crippen molar-refractivity contribution in [2.24, 2.45) is 0 Å². The van der Waals surface area contributed by atoms with Gasteiger partial charge < -0.3 is 9.47 Å². The Hall–Kier alpha value is -3.40. The van der Waals surface area contributed by atoms with Crippen LogP contribution in [0.25, 0.3) is 0 Å². The van der Waals surface area contributed by atoms with Crippen molar-refractivity contribution in [1.29, 1.82) is 0 Å². The van der Waals surface area contributed by atoms with Crippen LogP contribution < -0.4 is 4.74 Å². The molecule has 0 aliphatic rings. The van der Waals surface area contributed by atoms with E-state index in [9.17, 15) is 9.59 Å². The predicted octanol–water partition coefficient (Wildman–Crippen LogP) is 4.53. The van der Waals surface area contributed by atoms with Gasteiger partial charge in [-0.05, 0) is 29.7 Å². The Kier molecular flexibility index (Phi) is 6.22. The molecule has 0 spiro atoms. The minimum absolute atomic E-state index is 0.221. The van der Waals surface area contributed by atoms with Crippen molar-refractivity contribution < 1.29 is 19.1 Å². The van der Waals surface area contributed by atoms with Gasteiger partial charge in [0.2, 0.25) is 5.41 Å². The maximum atomic E-state index is 13.5. The second-order valence-electron chi connectivity index (χ2n) is 6.32. The molecule has 0 heterocycles. The Bertz CT molecular complexity index is 866. The first-order chi connectivity index (χ1) is 13.7. The highest BCUT2D eigenvalue weighted by atomic mass is 16.6. The third-order valence-electron chi connectivity index (χ3n) is 4.42. The van der Waals surface area contributed by atoms with Gasteiger partial charge in [0.05, 0.1) is 6.61 Å². The maximum absolute atomic E-state index is 13.5. The van der Waals surface area contributed by atoms with E-state index in [2.05, 4.69) is 0 Å². The minimum atomic E-state index is -1.71. The third kappa shape index (κ3) is 3.81. The lowest BCUT2D eigenvalue weighted by Crippen LogP contribution is -2.48. The van der Waals surface area contributed by atoms with Gasteiger partial charge in [-0.3, -0.25) is 4.79 Å². The van der Waals surface area contributed by atoms with E-state index in [1.165, 1.54) is 0 Å². The van der Waals surface area contributed by atoms with Gasteiger partial charge in [0, 0.05) is 0 Å². The van der Waals surface area contributed by atoms with Crippen LogP contribution in [-0.4, -0.2) is 18.5 Å². The summed E-state index contributed by atoms with van der Waals surface area (Å²) in [5.74, 6) is -0.975. The third-order valence-corrected chi connectivity index (χ3v) is 4.42. The Morgan fingerprint density at radius 2 is 1.18 bits per heavy atom. The average Bonchev–Trinajstić information content (AvgIpc) is 2.75. The Morgan fingerprint density at radius 3 is 1.64 bits per heavy atom. The molecular weight excluding hydrogens is 352 g/mol. The lowest BCUT2D eigenvalue weighted by atomic mass is 9.74. The molecule has 0 saturated heterocycles. The molecule has 0 N–H and O–H groups in total.